The number of aromatic nitrogens is 1. The lowest BCUT2D eigenvalue weighted by molar-refractivity contribution is -0.905. The van der Waals surface area contributed by atoms with E-state index >= 15 is 0 Å². The Hall–Kier alpha value is -3.18. The fourth-order valence-electron chi connectivity index (χ4n) is 4.03. The van der Waals surface area contributed by atoms with Crippen LogP contribution in [0.15, 0.2) is 48.5 Å². The van der Waals surface area contributed by atoms with E-state index in [1.165, 1.54) is 4.90 Å². The zero-order valence-electron chi connectivity index (χ0n) is 17.0. The van der Waals surface area contributed by atoms with Gasteiger partial charge in [-0.3, -0.25) is 0 Å². The lowest BCUT2D eigenvalue weighted by Gasteiger charge is -2.29. The highest BCUT2D eigenvalue weighted by molar-refractivity contribution is 6.05. The van der Waals surface area contributed by atoms with E-state index in [4.69, 9.17) is 4.98 Å². The molecule has 4 rings (SSSR count). The molecule has 1 atom stereocenters. The van der Waals surface area contributed by atoms with Gasteiger partial charge in [-0.05, 0) is 36.8 Å². The van der Waals surface area contributed by atoms with Crippen LogP contribution >= 0.6 is 0 Å². The van der Waals surface area contributed by atoms with Crippen molar-refractivity contribution in [2.45, 2.75) is 13.5 Å². The van der Waals surface area contributed by atoms with Gasteiger partial charge in [-0.2, -0.15) is 0 Å². The van der Waals surface area contributed by atoms with Gasteiger partial charge in [0.05, 0.1) is 23.7 Å². The molecule has 29 heavy (non-hydrogen) atoms. The number of likely N-dealkylation sites (N-methyl/N-ethyl adjacent to an activating group) is 1. The van der Waals surface area contributed by atoms with Crippen molar-refractivity contribution in [3.05, 3.63) is 70.9 Å². The fraction of sp³-hybridized carbons (Fsp3) is 0.250. The highest BCUT2D eigenvalue weighted by Gasteiger charge is 2.28. The van der Waals surface area contributed by atoms with E-state index in [0.29, 0.717) is 17.4 Å². The molecule has 0 bridgehead atoms. The molecule has 5 heteroatoms. The van der Waals surface area contributed by atoms with Crippen molar-refractivity contribution in [3.8, 4) is 0 Å². The zero-order chi connectivity index (χ0) is 20.5. The molecule has 0 aliphatic carbocycles. The molecule has 148 valence electrons. The molecule has 0 saturated heterocycles. The van der Waals surface area contributed by atoms with E-state index in [2.05, 4.69) is 42.2 Å². The van der Waals surface area contributed by atoms with Crippen LogP contribution in [0, 0.1) is 0 Å². The van der Waals surface area contributed by atoms with Gasteiger partial charge in [-0.15, -0.1) is 0 Å². The first-order chi connectivity index (χ1) is 14.0. The molecule has 2 aromatic carbocycles. The van der Waals surface area contributed by atoms with Crippen molar-refractivity contribution >= 4 is 34.2 Å². The number of fused-ring (bicyclic) bond motifs is 2. The first-order valence-corrected chi connectivity index (χ1v) is 9.92. The summed E-state index contributed by atoms with van der Waals surface area (Å²) in [6.45, 7) is 4.49. The first-order valence-electron chi connectivity index (χ1n) is 9.92. The Balaban J connectivity index is 1.90. The molecule has 5 nitrogen and oxygen atoms in total. The number of pyridine rings is 1. The summed E-state index contributed by atoms with van der Waals surface area (Å²) in [5.41, 5.74) is 5.83. The second kappa shape index (κ2) is 7.68. The molecule has 0 fully saturated rings. The normalized spacial score (nSPS) is 17.3. The fourth-order valence-corrected chi connectivity index (χ4v) is 4.03. The van der Waals surface area contributed by atoms with Crippen molar-refractivity contribution in [1.29, 1.82) is 0 Å². The van der Waals surface area contributed by atoms with E-state index in [9.17, 15) is 9.90 Å². The van der Waals surface area contributed by atoms with Gasteiger partial charge < -0.3 is 19.7 Å². The standard InChI is InChI=1S/C24H25N3O2/c1-4-27-14-17(13-16-9-11-18(12-10-16)26(2)3)23-20(15-27)22(24(28)29)19-7-5-6-8-21(19)25-23/h5-13H,4,14-15H2,1-3H3,(H,28,29)/b17-13+. The minimum atomic E-state index is -1.13. The van der Waals surface area contributed by atoms with Gasteiger partial charge in [-0.25, -0.2) is 4.98 Å². The van der Waals surface area contributed by atoms with Crippen LogP contribution in [0.4, 0.5) is 5.69 Å². The zero-order valence-corrected chi connectivity index (χ0v) is 17.0. The van der Waals surface area contributed by atoms with E-state index in [1.54, 1.807) is 0 Å². The number of quaternary nitrogens is 1. The van der Waals surface area contributed by atoms with Crippen molar-refractivity contribution in [3.63, 3.8) is 0 Å². The van der Waals surface area contributed by atoms with Gasteiger partial charge in [0.2, 0.25) is 0 Å². The number of nitrogens with one attached hydrogen (secondary N) is 1. The maximum Gasteiger partial charge on any atom is 0.106 e. The summed E-state index contributed by atoms with van der Waals surface area (Å²) in [6.07, 6.45) is 2.13. The van der Waals surface area contributed by atoms with Crippen LogP contribution in [0.1, 0.15) is 34.1 Å². The lowest BCUT2D eigenvalue weighted by Crippen LogP contribution is -3.11. The molecule has 1 aliphatic heterocycles. The summed E-state index contributed by atoms with van der Waals surface area (Å²) in [4.78, 5) is 20.3. The number of aromatic carboxylic acids is 1. The number of carbonyl (C=O) groups excluding carboxylic acids is 1. The number of nitrogens with zero attached hydrogens (tertiary/aromatic N) is 2. The van der Waals surface area contributed by atoms with E-state index < -0.39 is 5.97 Å². The van der Waals surface area contributed by atoms with Crippen LogP contribution in [0.25, 0.3) is 22.6 Å². The number of carbonyl (C=O) groups is 1. The third-order valence-corrected chi connectivity index (χ3v) is 5.62. The average Bonchev–Trinajstić information content (AvgIpc) is 2.72. The summed E-state index contributed by atoms with van der Waals surface area (Å²) in [5.74, 6) is -1.13. The number of anilines is 1. The molecule has 0 radical (unpaired) electrons. The molecule has 1 unspecified atom stereocenters. The molecule has 1 N–H and O–H groups in total. The molecular weight excluding hydrogens is 362 g/mol. The Morgan fingerprint density at radius 1 is 1.14 bits per heavy atom. The summed E-state index contributed by atoms with van der Waals surface area (Å²) in [5, 5.41) is 12.7. The Kier molecular flexibility index (Phi) is 5.07. The predicted molar refractivity (Wildman–Crippen MR) is 115 cm³/mol. The molecule has 2 heterocycles. The van der Waals surface area contributed by atoms with Gasteiger partial charge in [-0.1, -0.05) is 30.3 Å². The van der Waals surface area contributed by atoms with Crippen LogP contribution < -0.4 is 14.9 Å². The van der Waals surface area contributed by atoms with Crippen molar-refractivity contribution in [2.24, 2.45) is 0 Å². The van der Waals surface area contributed by atoms with Gasteiger partial charge in [0.25, 0.3) is 0 Å². The van der Waals surface area contributed by atoms with E-state index in [-0.39, 0.29) is 5.56 Å². The smallest absolute Gasteiger partial charge is 0.106 e. The summed E-state index contributed by atoms with van der Waals surface area (Å²) in [6, 6.07) is 15.8. The van der Waals surface area contributed by atoms with Crippen molar-refractivity contribution in [2.75, 3.05) is 32.1 Å². The predicted octanol–water partition coefficient (Wildman–Crippen LogP) is 1.62. The Bertz CT molecular complexity index is 1100. The summed E-state index contributed by atoms with van der Waals surface area (Å²) >= 11 is 0. The molecule has 0 amide bonds. The van der Waals surface area contributed by atoms with Crippen LogP contribution in [-0.4, -0.2) is 38.1 Å². The number of carboxylic acid groups (broad SMARTS) is 1. The first kappa shape index (κ1) is 19.2. The maximum absolute atomic E-state index is 12.1. The van der Waals surface area contributed by atoms with Crippen LogP contribution in [0.3, 0.4) is 0 Å². The van der Waals surface area contributed by atoms with Gasteiger partial charge >= 0.3 is 0 Å². The minimum absolute atomic E-state index is 0.283. The number of rotatable bonds is 4. The Labute approximate surface area is 170 Å². The molecule has 1 aromatic heterocycles. The second-order valence-corrected chi connectivity index (χ2v) is 7.73. The lowest BCUT2D eigenvalue weighted by atomic mass is 9.92. The average molecular weight is 387 g/mol. The highest BCUT2D eigenvalue weighted by Crippen LogP contribution is 2.30. The summed E-state index contributed by atoms with van der Waals surface area (Å²) < 4.78 is 0. The Morgan fingerprint density at radius 3 is 2.52 bits per heavy atom. The van der Waals surface area contributed by atoms with Crippen LogP contribution in [0.2, 0.25) is 0 Å². The number of hydrogen-bond acceptors (Lipinski definition) is 4. The van der Waals surface area contributed by atoms with Gasteiger partial charge in [0.1, 0.15) is 13.1 Å². The Morgan fingerprint density at radius 2 is 1.86 bits per heavy atom. The monoisotopic (exact) mass is 387 g/mol. The third-order valence-electron chi connectivity index (χ3n) is 5.62. The maximum atomic E-state index is 12.1. The molecule has 3 aromatic rings. The van der Waals surface area contributed by atoms with Crippen molar-refractivity contribution in [1.82, 2.24) is 4.98 Å². The van der Waals surface area contributed by atoms with E-state index in [1.807, 2.05) is 38.4 Å². The number of benzene rings is 2. The van der Waals surface area contributed by atoms with Crippen molar-refractivity contribution < 1.29 is 14.8 Å². The molecular formula is C24H25N3O2. The topological polar surface area (TPSA) is 60.7 Å². The second-order valence-electron chi connectivity index (χ2n) is 7.73. The van der Waals surface area contributed by atoms with Crippen LogP contribution in [-0.2, 0) is 6.54 Å². The van der Waals surface area contributed by atoms with Gasteiger partial charge in [0, 0.05) is 41.9 Å². The van der Waals surface area contributed by atoms with E-state index in [0.717, 1.165) is 41.2 Å². The number of hydrogen-bond donors (Lipinski definition) is 1. The van der Waals surface area contributed by atoms with Crippen LogP contribution in [0.5, 0.6) is 0 Å². The third kappa shape index (κ3) is 3.61. The largest absolute Gasteiger partial charge is 0.545 e. The quantitative estimate of drug-likeness (QED) is 0.739. The SMILES string of the molecule is CC[NH+]1C/C(=C\c2ccc(N(C)C)cc2)c2nc3ccccc3c(C(=O)[O-])c2C1. The molecule has 0 saturated carbocycles. The highest BCUT2D eigenvalue weighted by atomic mass is 16.4. The number of para-hydroxylation sites is 1. The van der Waals surface area contributed by atoms with Gasteiger partial charge in [0.15, 0.2) is 0 Å². The molecule has 0 spiro atoms. The molecule has 1 aliphatic rings. The minimum Gasteiger partial charge on any atom is -0.545 e. The number of carboxylic acids is 1. The summed E-state index contributed by atoms with van der Waals surface area (Å²) in [7, 11) is 4.04.